The van der Waals surface area contributed by atoms with Crippen molar-refractivity contribution >= 4 is 11.7 Å². The van der Waals surface area contributed by atoms with Gasteiger partial charge in [0.25, 0.3) is 0 Å². The molecule has 0 saturated carbocycles. The van der Waals surface area contributed by atoms with Crippen molar-refractivity contribution in [2.24, 2.45) is 0 Å². The number of aromatic nitrogens is 1. The minimum absolute atomic E-state index is 0.0391. The highest BCUT2D eigenvalue weighted by Gasteiger charge is 2.31. The van der Waals surface area contributed by atoms with E-state index in [2.05, 4.69) is 15.2 Å². The highest BCUT2D eigenvalue weighted by atomic mass is 19.4. The third-order valence-electron chi connectivity index (χ3n) is 5.65. The zero-order valence-electron chi connectivity index (χ0n) is 17.1. The summed E-state index contributed by atoms with van der Waals surface area (Å²) in [6.45, 7) is 3.53. The van der Waals surface area contributed by atoms with Crippen LogP contribution in [-0.2, 0) is 11.0 Å². The standard InChI is InChI=1S/C22H25F3N4O2/c23-22(24,25)16-6-7-20(26-14-16)29-10-3-9-28(11-12-29)15-21(30)27-18-8-13-31-19-5-2-1-4-17(18)19/h1-2,4-7,14,18H,3,8-13,15H2,(H,27,30). The van der Waals surface area contributed by atoms with Gasteiger partial charge in [-0.05, 0) is 24.6 Å². The Morgan fingerprint density at radius 1 is 1.13 bits per heavy atom. The number of anilines is 1. The van der Waals surface area contributed by atoms with Crippen LogP contribution < -0.4 is 15.0 Å². The van der Waals surface area contributed by atoms with Crippen molar-refractivity contribution in [3.05, 3.63) is 53.7 Å². The molecule has 1 fully saturated rings. The van der Waals surface area contributed by atoms with Crippen molar-refractivity contribution < 1.29 is 22.7 Å². The van der Waals surface area contributed by atoms with Crippen LogP contribution in [0.5, 0.6) is 5.75 Å². The number of carbonyl (C=O) groups excluding carboxylic acids is 1. The molecule has 1 amide bonds. The second-order valence-electron chi connectivity index (χ2n) is 7.81. The van der Waals surface area contributed by atoms with E-state index in [0.29, 0.717) is 32.1 Å². The first-order valence-electron chi connectivity index (χ1n) is 10.4. The van der Waals surface area contributed by atoms with Gasteiger partial charge in [-0.3, -0.25) is 9.69 Å². The smallest absolute Gasteiger partial charge is 0.417 e. The lowest BCUT2D eigenvalue weighted by molar-refractivity contribution is -0.137. The number of nitrogens with zero attached hydrogens (tertiary/aromatic N) is 3. The van der Waals surface area contributed by atoms with Gasteiger partial charge in [0.05, 0.1) is 24.8 Å². The third-order valence-corrected chi connectivity index (χ3v) is 5.65. The number of ether oxygens (including phenoxy) is 1. The van der Waals surface area contributed by atoms with E-state index in [1.165, 1.54) is 6.07 Å². The van der Waals surface area contributed by atoms with Gasteiger partial charge in [-0.2, -0.15) is 13.2 Å². The Labute approximate surface area is 179 Å². The molecule has 0 aliphatic carbocycles. The summed E-state index contributed by atoms with van der Waals surface area (Å²) in [6.07, 6.45) is -1.98. The quantitative estimate of drug-likeness (QED) is 0.801. The topological polar surface area (TPSA) is 57.7 Å². The van der Waals surface area contributed by atoms with Crippen LogP contribution in [0.15, 0.2) is 42.6 Å². The normalized spacial score (nSPS) is 19.8. The molecule has 166 valence electrons. The molecule has 0 radical (unpaired) electrons. The molecule has 6 nitrogen and oxygen atoms in total. The lowest BCUT2D eigenvalue weighted by Gasteiger charge is -2.28. The number of hydrogen-bond donors (Lipinski definition) is 1. The van der Waals surface area contributed by atoms with E-state index in [1.807, 2.05) is 29.2 Å². The molecular formula is C22H25F3N4O2. The van der Waals surface area contributed by atoms with Crippen LogP contribution in [0.1, 0.15) is 30.0 Å². The number of fused-ring (bicyclic) bond motifs is 1. The first kappa shape index (κ1) is 21.4. The van der Waals surface area contributed by atoms with E-state index in [0.717, 1.165) is 43.0 Å². The fraction of sp³-hybridized carbons (Fsp3) is 0.455. The predicted octanol–water partition coefficient (Wildman–Crippen LogP) is 3.25. The summed E-state index contributed by atoms with van der Waals surface area (Å²) < 4.78 is 43.9. The fourth-order valence-corrected chi connectivity index (χ4v) is 4.03. The van der Waals surface area contributed by atoms with Crippen LogP contribution in [0.4, 0.5) is 19.0 Å². The molecule has 31 heavy (non-hydrogen) atoms. The van der Waals surface area contributed by atoms with Gasteiger partial charge < -0.3 is 15.0 Å². The number of rotatable bonds is 4. The number of benzene rings is 1. The molecule has 9 heteroatoms. The lowest BCUT2D eigenvalue weighted by Crippen LogP contribution is -2.41. The van der Waals surface area contributed by atoms with Crippen molar-refractivity contribution in [3.63, 3.8) is 0 Å². The molecule has 0 spiro atoms. The number of halogens is 3. The van der Waals surface area contributed by atoms with Crippen LogP contribution in [0, 0.1) is 0 Å². The molecule has 2 aromatic rings. The second kappa shape index (κ2) is 9.13. The number of nitrogens with one attached hydrogen (secondary N) is 1. The molecule has 2 aliphatic heterocycles. The van der Waals surface area contributed by atoms with Gasteiger partial charge in [0.2, 0.25) is 5.91 Å². The molecule has 1 saturated heterocycles. The number of pyridine rings is 1. The Bertz CT molecular complexity index is 904. The summed E-state index contributed by atoms with van der Waals surface area (Å²) in [5.74, 6) is 1.30. The summed E-state index contributed by atoms with van der Waals surface area (Å²) in [6, 6.07) is 10.1. The average molecular weight is 434 g/mol. The molecule has 0 bridgehead atoms. The highest BCUT2D eigenvalue weighted by Crippen LogP contribution is 2.31. The van der Waals surface area contributed by atoms with Gasteiger partial charge in [-0.1, -0.05) is 18.2 Å². The zero-order valence-corrected chi connectivity index (χ0v) is 17.1. The van der Waals surface area contributed by atoms with E-state index < -0.39 is 11.7 Å². The monoisotopic (exact) mass is 434 g/mol. The Morgan fingerprint density at radius 2 is 1.97 bits per heavy atom. The van der Waals surface area contributed by atoms with Crippen molar-refractivity contribution in [3.8, 4) is 5.75 Å². The van der Waals surface area contributed by atoms with E-state index in [9.17, 15) is 18.0 Å². The van der Waals surface area contributed by atoms with Crippen LogP contribution in [0.2, 0.25) is 0 Å². The first-order chi connectivity index (χ1) is 14.9. The zero-order chi connectivity index (χ0) is 21.8. The van der Waals surface area contributed by atoms with Gasteiger partial charge in [0.15, 0.2) is 0 Å². The van der Waals surface area contributed by atoms with Gasteiger partial charge in [0.1, 0.15) is 11.6 Å². The van der Waals surface area contributed by atoms with Crippen molar-refractivity contribution in [2.75, 3.05) is 44.2 Å². The molecule has 4 rings (SSSR count). The van der Waals surface area contributed by atoms with Crippen molar-refractivity contribution in [2.45, 2.75) is 25.1 Å². The SMILES string of the molecule is O=C(CN1CCCN(c2ccc(C(F)(F)F)cn2)CC1)NC1CCOc2ccccc21. The Hall–Kier alpha value is -2.81. The summed E-state index contributed by atoms with van der Waals surface area (Å²) in [5, 5.41) is 3.11. The second-order valence-corrected chi connectivity index (χ2v) is 7.81. The van der Waals surface area contributed by atoms with Gasteiger partial charge in [-0.15, -0.1) is 0 Å². The largest absolute Gasteiger partial charge is 0.493 e. The van der Waals surface area contributed by atoms with Crippen LogP contribution in [0.25, 0.3) is 0 Å². The number of alkyl halides is 3. The molecule has 3 heterocycles. The molecule has 1 atom stereocenters. The molecular weight excluding hydrogens is 409 g/mol. The molecule has 1 aromatic carbocycles. The van der Waals surface area contributed by atoms with Crippen molar-refractivity contribution in [1.82, 2.24) is 15.2 Å². The predicted molar refractivity (Wildman–Crippen MR) is 110 cm³/mol. The minimum atomic E-state index is -4.39. The van der Waals surface area contributed by atoms with Gasteiger partial charge >= 0.3 is 6.18 Å². The summed E-state index contributed by atoms with van der Waals surface area (Å²) in [5.41, 5.74) is 0.247. The highest BCUT2D eigenvalue weighted by molar-refractivity contribution is 5.78. The van der Waals surface area contributed by atoms with Gasteiger partial charge in [0, 0.05) is 44.4 Å². The Balaban J connectivity index is 1.31. The summed E-state index contributed by atoms with van der Waals surface area (Å²) >= 11 is 0. The lowest BCUT2D eigenvalue weighted by atomic mass is 10.0. The fourth-order valence-electron chi connectivity index (χ4n) is 4.03. The number of amides is 1. The van der Waals surface area contributed by atoms with E-state index in [1.54, 1.807) is 0 Å². The maximum Gasteiger partial charge on any atom is 0.417 e. The maximum atomic E-state index is 12.7. The minimum Gasteiger partial charge on any atom is -0.493 e. The molecule has 1 unspecified atom stereocenters. The molecule has 1 aromatic heterocycles. The first-order valence-corrected chi connectivity index (χ1v) is 10.4. The van der Waals surface area contributed by atoms with Crippen molar-refractivity contribution in [1.29, 1.82) is 0 Å². The van der Waals surface area contributed by atoms with Crippen LogP contribution in [-0.4, -0.2) is 55.1 Å². The number of carbonyl (C=O) groups is 1. The third kappa shape index (κ3) is 5.28. The summed E-state index contributed by atoms with van der Waals surface area (Å²) in [4.78, 5) is 20.7. The maximum absolute atomic E-state index is 12.7. The number of hydrogen-bond acceptors (Lipinski definition) is 5. The average Bonchev–Trinajstić information content (AvgIpc) is 2.99. The Kier molecular flexibility index (Phi) is 6.31. The number of para-hydroxylation sites is 1. The Morgan fingerprint density at radius 3 is 2.74 bits per heavy atom. The van der Waals surface area contributed by atoms with Crippen LogP contribution in [0.3, 0.4) is 0 Å². The summed E-state index contributed by atoms with van der Waals surface area (Å²) in [7, 11) is 0. The van der Waals surface area contributed by atoms with E-state index in [-0.39, 0.29) is 18.5 Å². The van der Waals surface area contributed by atoms with Crippen LogP contribution >= 0.6 is 0 Å². The van der Waals surface area contributed by atoms with E-state index >= 15 is 0 Å². The van der Waals surface area contributed by atoms with E-state index in [4.69, 9.17) is 4.74 Å². The molecule has 1 N–H and O–H groups in total. The van der Waals surface area contributed by atoms with Gasteiger partial charge in [-0.25, -0.2) is 4.98 Å². The molecule has 2 aliphatic rings.